The van der Waals surface area contributed by atoms with Crippen LogP contribution in [0.3, 0.4) is 0 Å². The Kier molecular flexibility index (Phi) is 20.8. The maximum Gasteiger partial charge on any atom is 0.297 e. The maximum absolute atomic E-state index is 13.3. The monoisotopic (exact) mass is 1330 g/mol. The van der Waals surface area contributed by atoms with Crippen molar-refractivity contribution in [2.24, 2.45) is 30.7 Å². The smallest absolute Gasteiger partial charge is 0.297 e. The predicted molar refractivity (Wildman–Crippen MR) is 304 cm³/mol. The Hall–Kier alpha value is -7.81. The van der Waals surface area contributed by atoms with Gasteiger partial charge in [0.15, 0.2) is 17.1 Å². The van der Waals surface area contributed by atoms with E-state index in [4.69, 9.17) is 14.5 Å². The summed E-state index contributed by atoms with van der Waals surface area (Å²) in [6.07, 6.45) is 0.706. The first-order chi connectivity index (χ1) is 40.5. The van der Waals surface area contributed by atoms with Crippen molar-refractivity contribution in [2.45, 2.75) is 34.5 Å². The lowest BCUT2D eigenvalue weighted by molar-refractivity contribution is -0.432. The number of anilines is 1. The number of rotatable bonds is 24. The highest BCUT2D eigenvalue weighted by Crippen LogP contribution is 2.49. The molecule has 0 spiro atoms. The number of phenols is 1. The molecule has 0 bridgehead atoms. The third-order valence-electron chi connectivity index (χ3n) is 11.5. The molecular weight excluding hydrogens is 1290 g/mol. The zero-order valence-corrected chi connectivity index (χ0v) is 49.2. The normalized spacial score (nSPS) is 12.5. The van der Waals surface area contributed by atoms with Crippen LogP contribution in [-0.2, 0) is 59.2 Å². The number of hydrogen-bond acceptors (Lipinski definition) is 32. The number of nitrogens with zero attached hydrogens (tertiary/aromatic N) is 12. The molecule has 0 amide bonds. The van der Waals surface area contributed by atoms with E-state index in [1.807, 2.05) is 6.07 Å². The molecule has 5 aromatic carbocycles. The van der Waals surface area contributed by atoms with Crippen LogP contribution in [0.1, 0.15) is 24.0 Å². The number of pyridine rings is 1. The maximum atomic E-state index is 13.3. The number of azo groups is 3. The van der Waals surface area contributed by atoms with Gasteiger partial charge in [-0.3, -0.25) is 32.7 Å². The number of methoxy groups -OCH3 is 1. The lowest BCUT2D eigenvalue weighted by Gasteiger charge is -2.26. The third-order valence-corrected chi connectivity index (χ3v) is 16.2. The van der Waals surface area contributed by atoms with Crippen molar-refractivity contribution in [3.05, 3.63) is 88.0 Å². The molecule has 3 heterocycles. The van der Waals surface area contributed by atoms with Crippen LogP contribution in [0.4, 0.5) is 44.9 Å². The molecule has 3 aromatic heterocycles. The van der Waals surface area contributed by atoms with Gasteiger partial charge in [0.05, 0.1) is 62.4 Å². The Balaban J connectivity index is 0.00000203. The van der Waals surface area contributed by atoms with Gasteiger partial charge in [-0.05, 0) is 56.2 Å². The summed E-state index contributed by atoms with van der Waals surface area (Å²) in [5.41, 5.74) is -1.56. The van der Waals surface area contributed by atoms with Gasteiger partial charge in [-0.15, -0.1) is 39.4 Å². The molecule has 8 aromatic rings. The van der Waals surface area contributed by atoms with Crippen molar-refractivity contribution < 1.29 is 101 Å². The number of non-ortho nitro benzene ring substituents is 1. The SMILES string of the molecule is COc1cc(N=Nc2c(SOOO)cc3c(S(=O)(=O)O)c(N=Nc4c(C)c(C#N)c5nc6ccccc6n5c4O)ccc3c2O)c(N(CCCSOOO)CCCS(=O)(=O)O)cc1N=Nc1nc2c(S(=O)(=O)O)cc([N+](=O)[O-])cc2s1.CS(=O)(=O)O. The molecule has 456 valence electrons. The number of aromatic nitrogens is 3. The minimum Gasteiger partial charge on any atom is -0.505 e. The number of benzene rings is 5. The summed E-state index contributed by atoms with van der Waals surface area (Å²) in [7, 11) is -17.3. The molecule has 42 heteroatoms. The molecular formula is C44H40N12O23S7. The first-order valence-electron chi connectivity index (χ1n) is 23.2. The molecule has 35 nitrogen and oxygen atoms in total. The van der Waals surface area contributed by atoms with E-state index in [0.717, 1.165) is 24.3 Å². The Labute approximate surface area is 495 Å². The standard InChI is InChI=1S/C43H36N12O20S6.CH4O3S/c1-21-25(20-44)41-45-26-7-3-4-8-30(26)54(41)42(57)36(21)50-47-27-10-9-23-24(40(27)81(68,69)70)17-34(78-75-73-61)38(39(23)56)51-48-28-19-32(71-2)29(18-31(28)53(11-5-13-76-74-72-60)12-6-14-79(62,63)64)49-52-43-46-37-33(77-43)15-22(55(58)59)16-35(37)80(65,66)67;1-5(2,3)4/h3-4,7-10,15-19,56-57,60-61H,5-6,11-14H2,1-2H3,(H,62,63,64)(H,65,66,67)(H,68,69,70);1H3,(H,2,3,4). The molecule has 0 atom stereocenters. The van der Waals surface area contributed by atoms with E-state index in [0.29, 0.717) is 46.7 Å². The summed E-state index contributed by atoms with van der Waals surface area (Å²) in [6, 6.07) is 16.1. The molecule has 0 aliphatic carbocycles. The minimum absolute atomic E-state index is 0.00135. The predicted octanol–water partition coefficient (Wildman–Crippen LogP) is 9.97. The molecule has 0 saturated carbocycles. The number of hydrogen-bond donors (Lipinski definition) is 8. The van der Waals surface area contributed by atoms with Crippen LogP contribution in [0.15, 0.2) is 112 Å². The molecule has 0 radical (unpaired) electrons. The summed E-state index contributed by atoms with van der Waals surface area (Å²) < 4.78 is 147. The lowest BCUT2D eigenvalue weighted by atomic mass is 10.1. The van der Waals surface area contributed by atoms with Crippen molar-refractivity contribution >= 4 is 159 Å². The molecule has 8 rings (SSSR count). The molecule has 0 saturated heterocycles. The van der Waals surface area contributed by atoms with Crippen molar-refractivity contribution in [3.63, 3.8) is 0 Å². The molecule has 8 N–H and O–H groups in total. The van der Waals surface area contributed by atoms with Crippen LogP contribution in [-0.4, -0.2) is 130 Å². The van der Waals surface area contributed by atoms with Gasteiger partial charge in [0.1, 0.15) is 55.4 Å². The Morgan fingerprint density at radius 1 is 0.802 bits per heavy atom. The highest BCUT2D eigenvalue weighted by Gasteiger charge is 2.28. The summed E-state index contributed by atoms with van der Waals surface area (Å²) in [6.45, 7) is 1.31. The first kappa shape index (κ1) is 65.7. The van der Waals surface area contributed by atoms with E-state index in [9.17, 15) is 78.2 Å². The van der Waals surface area contributed by atoms with Gasteiger partial charge in [0, 0.05) is 65.4 Å². The molecule has 0 aliphatic rings. The van der Waals surface area contributed by atoms with E-state index >= 15 is 0 Å². The fourth-order valence-electron chi connectivity index (χ4n) is 8.07. The summed E-state index contributed by atoms with van der Waals surface area (Å²) >= 11 is 1.51. The zero-order valence-electron chi connectivity index (χ0n) is 43.5. The first-order valence-corrected chi connectivity index (χ1v) is 32.0. The fourth-order valence-corrected chi connectivity index (χ4v) is 11.8. The number of aromatic hydroxyl groups is 2. The average molecular weight is 1330 g/mol. The largest absolute Gasteiger partial charge is 0.505 e. The van der Waals surface area contributed by atoms with Crippen LogP contribution >= 0.6 is 35.4 Å². The van der Waals surface area contributed by atoms with Gasteiger partial charge in [0.25, 0.3) is 46.2 Å². The number of ether oxygens (including phenoxy) is 1. The van der Waals surface area contributed by atoms with Crippen molar-refractivity contribution in [3.8, 4) is 23.4 Å². The topological polar surface area (TPSA) is 519 Å². The molecule has 0 unspecified atom stereocenters. The average Bonchev–Trinajstić information content (AvgIpc) is 1.39. The van der Waals surface area contributed by atoms with Crippen LogP contribution in [0.25, 0.3) is 37.7 Å². The van der Waals surface area contributed by atoms with E-state index in [1.165, 1.54) is 30.6 Å². The van der Waals surface area contributed by atoms with Crippen LogP contribution < -0.4 is 9.64 Å². The van der Waals surface area contributed by atoms with E-state index in [1.54, 1.807) is 29.2 Å². The van der Waals surface area contributed by atoms with Crippen molar-refractivity contribution in [2.75, 3.05) is 42.9 Å². The van der Waals surface area contributed by atoms with Gasteiger partial charge in [-0.2, -0.15) is 38.9 Å². The Bertz CT molecular complexity index is 4570. The number of phenolic OH excluding ortho intramolecular Hbond substituents is 1. The molecule has 86 heavy (non-hydrogen) atoms. The summed E-state index contributed by atoms with van der Waals surface area (Å²) in [5.74, 6) is -2.05. The molecule has 0 fully saturated rings. The van der Waals surface area contributed by atoms with Crippen molar-refractivity contribution in [1.82, 2.24) is 14.4 Å². The van der Waals surface area contributed by atoms with E-state index < -0.39 is 95.0 Å². The highest BCUT2D eigenvalue weighted by atomic mass is 32.2. The second kappa shape index (κ2) is 27.3. The second-order valence-corrected chi connectivity index (χ2v) is 25.5. The number of nitro benzene ring substituents is 1. The number of fused-ring (bicyclic) bond motifs is 5. The second-order valence-electron chi connectivity index (χ2n) is 17.1. The Morgan fingerprint density at radius 2 is 1.47 bits per heavy atom. The van der Waals surface area contributed by atoms with Crippen LogP contribution in [0.2, 0.25) is 0 Å². The van der Waals surface area contributed by atoms with Gasteiger partial charge < -0.3 is 19.8 Å². The highest BCUT2D eigenvalue weighted by molar-refractivity contribution is 7.95. The van der Waals surface area contributed by atoms with Crippen LogP contribution in [0, 0.1) is 28.4 Å². The number of thiazole rings is 1. The van der Waals surface area contributed by atoms with E-state index in [2.05, 4.69) is 59.4 Å². The third kappa shape index (κ3) is 15.8. The zero-order chi connectivity index (χ0) is 63.1. The lowest BCUT2D eigenvalue weighted by Crippen LogP contribution is -2.27. The minimum atomic E-state index is -5.33. The van der Waals surface area contributed by atoms with E-state index in [-0.39, 0.29) is 115 Å². The summed E-state index contributed by atoms with van der Waals surface area (Å²) in [4.78, 5) is 18.6. The van der Waals surface area contributed by atoms with Gasteiger partial charge in [-0.1, -0.05) is 33.5 Å². The molecule has 0 aliphatic heterocycles. The quantitative estimate of drug-likeness (QED) is 0.00530. The number of nitriles is 1. The van der Waals surface area contributed by atoms with Gasteiger partial charge >= 0.3 is 0 Å². The Morgan fingerprint density at radius 3 is 2.10 bits per heavy atom. The van der Waals surface area contributed by atoms with Crippen molar-refractivity contribution in [1.29, 1.82) is 5.26 Å². The van der Waals surface area contributed by atoms with Gasteiger partial charge in [0.2, 0.25) is 11.0 Å². The number of para-hydroxylation sites is 2. The van der Waals surface area contributed by atoms with Gasteiger partial charge in [-0.25, -0.2) is 20.5 Å². The van der Waals surface area contributed by atoms with Crippen LogP contribution in [0.5, 0.6) is 17.4 Å². The number of imidazole rings is 1. The number of nitro groups is 1. The summed E-state index contributed by atoms with van der Waals surface area (Å²) in [5, 5.41) is 94.5. The fraction of sp³-hybridized carbons (Fsp3) is 0.205.